The molecule has 7 nitrogen and oxygen atoms in total. The van der Waals surface area contributed by atoms with Crippen molar-refractivity contribution in [3.8, 4) is 5.69 Å². The van der Waals surface area contributed by atoms with Crippen LogP contribution >= 0.6 is 0 Å². The van der Waals surface area contributed by atoms with E-state index in [0.717, 1.165) is 30.2 Å². The van der Waals surface area contributed by atoms with Crippen LogP contribution in [0.25, 0.3) is 5.69 Å². The van der Waals surface area contributed by atoms with Gasteiger partial charge in [0.15, 0.2) is 0 Å². The van der Waals surface area contributed by atoms with E-state index >= 15 is 0 Å². The highest BCUT2D eigenvalue weighted by molar-refractivity contribution is 5.81. The Hall–Kier alpha value is -3.61. The fourth-order valence-corrected chi connectivity index (χ4v) is 3.57. The lowest BCUT2D eigenvalue weighted by Gasteiger charge is -2.23. The molecule has 1 aromatic heterocycles. The minimum atomic E-state index is -0.163. The number of nitrogens with one attached hydrogen (secondary N) is 1. The summed E-state index contributed by atoms with van der Waals surface area (Å²) in [6, 6.07) is 22.4. The topological polar surface area (TPSA) is 70.5 Å². The molecule has 154 valence electrons. The van der Waals surface area contributed by atoms with Crippen LogP contribution in [0.5, 0.6) is 0 Å². The molecule has 30 heavy (non-hydrogen) atoms. The van der Waals surface area contributed by atoms with Crippen molar-refractivity contribution in [2.45, 2.75) is 6.42 Å². The molecule has 0 aliphatic carbocycles. The molecule has 2 aromatic carbocycles. The van der Waals surface area contributed by atoms with Gasteiger partial charge in [-0.05, 0) is 36.8 Å². The van der Waals surface area contributed by atoms with Crippen LogP contribution in [0.2, 0.25) is 0 Å². The fourth-order valence-electron chi connectivity index (χ4n) is 3.57. The first-order valence-electron chi connectivity index (χ1n) is 10.2. The second kappa shape index (κ2) is 9.26. The summed E-state index contributed by atoms with van der Waals surface area (Å²) in [6.45, 7) is 3.08. The average Bonchev–Trinajstić information content (AvgIpc) is 3.06. The van der Waals surface area contributed by atoms with Gasteiger partial charge in [-0.25, -0.2) is 0 Å². The molecule has 2 heterocycles. The Kier molecular flexibility index (Phi) is 6.08. The molecule has 0 bridgehead atoms. The lowest BCUT2D eigenvalue weighted by atomic mass is 10.3. The molecular weight excluding hydrogens is 378 g/mol. The molecule has 3 aromatic rings. The van der Waals surface area contributed by atoms with Crippen molar-refractivity contribution in [3.63, 3.8) is 0 Å². The van der Waals surface area contributed by atoms with Crippen molar-refractivity contribution in [2.75, 3.05) is 42.9 Å². The van der Waals surface area contributed by atoms with Gasteiger partial charge in [0, 0.05) is 37.9 Å². The second-order valence-electron chi connectivity index (χ2n) is 7.22. The van der Waals surface area contributed by atoms with Gasteiger partial charge in [0.2, 0.25) is 5.91 Å². The molecule has 1 amide bonds. The van der Waals surface area contributed by atoms with E-state index in [1.807, 2.05) is 65.6 Å². The number of aromatic nitrogens is 2. The second-order valence-corrected chi connectivity index (χ2v) is 7.22. The maximum absolute atomic E-state index is 12.6. The van der Waals surface area contributed by atoms with Gasteiger partial charge in [-0.3, -0.25) is 9.59 Å². The summed E-state index contributed by atoms with van der Waals surface area (Å²) in [5.41, 5.74) is 1.51. The van der Waals surface area contributed by atoms with Gasteiger partial charge in [0.25, 0.3) is 5.56 Å². The van der Waals surface area contributed by atoms with E-state index in [-0.39, 0.29) is 18.0 Å². The summed E-state index contributed by atoms with van der Waals surface area (Å²) in [4.78, 5) is 28.9. The highest BCUT2D eigenvalue weighted by atomic mass is 16.2. The molecule has 0 spiro atoms. The summed E-state index contributed by atoms with van der Waals surface area (Å²) in [5.74, 6) is 0.832. The van der Waals surface area contributed by atoms with E-state index in [9.17, 15) is 9.59 Å². The zero-order chi connectivity index (χ0) is 20.8. The van der Waals surface area contributed by atoms with Crippen LogP contribution < -0.4 is 15.8 Å². The minimum Gasteiger partial charge on any atom is -0.376 e. The van der Waals surface area contributed by atoms with Crippen molar-refractivity contribution < 1.29 is 4.79 Å². The van der Waals surface area contributed by atoms with Gasteiger partial charge >= 0.3 is 0 Å². The number of anilines is 2. The van der Waals surface area contributed by atoms with Crippen LogP contribution in [0.4, 0.5) is 11.5 Å². The Labute approximate surface area is 175 Å². The van der Waals surface area contributed by atoms with Crippen LogP contribution in [0, 0.1) is 0 Å². The smallest absolute Gasteiger partial charge is 0.271 e. The van der Waals surface area contributed by atoms with Crippen LogP contribution in [-0.2, 0) is 4.79 Å². The Balaban J connectivity index is 1.41. The Morgan fingerprint density at radius 1 is 0.867 bits per heavy atom. The Bertz CT molecular complexity index is 1040. The van der Waals surface area contributed by atoms with Gasteiger partial charge < -0.3 is 15.1 Å². The van der Waals surface area contributed by atoms with Crippen molar-refractivity contribution in [1.82, 2.24) is 14.7 Å². The van der Waals surface area contributed by atoms with Gasteiger partial charge in [-0.15, -0.1) is 5.10 Å². The van der Waals surface area contributed by atoms with Crippen molar-refractivity contribution in [3.05, 3.63) is 83.2 Å². The molecule has 1 aliphatic rings. The van der Waals surface area contributed by atoms with Crippen molar-refractivity contribution >= 4 is 17.4 Å². The maximum atomic E-state index is 12.6. The lowest BCUT2D eigenvalue weighted by molar-refractivity contribution is -0.129. The van der Waals surface area contributed by atoms with E-state index in [4.69, 9.17) is 0 Å². The van der Waals surface area contributed by atoms with Gasteiger partial charge in [-0.2, -0.15) is 4.68 Å². The number of para-hydroxylation sites is 2. The summed E-state index contributed by atoms with van der Waals surface area (Å²) in [5, 5.41) is 7.75. The minimum absolute atomic E-state index is 0.0860. The Morgan fingerprint density at radius 3 is 2.37 bits per heavy atom. The maximum Gasteiger partial charge on any atom is 0.271 e. The molecule has 0 unspecified atom stereocenters. The third-order valence-corrected chi connectivity index (χ3v) is 5.18. The van der Waals surface area contributed by atoms with E-state index in [0.29, 0.717) is 19.6 Å². The Morgan fingerprint density at radius 2 is 1.60 bits per heavy atom. The van der Waals surface area contributed by atoms with Crippen LogP contribution in [0.1, 0.15) is 6.42 Å². The number of hydrogen-bond acceptors (Lipinski definition) is 5. The summed E-state index contributed by atoms with van der Waals surface area (Å²) < 4.78 is 1.42. The summed E-state index contributed by atoms with van der Waals surface area (Å²) >= 11 is 0. The summed E-state index contributed by atoms with van der Waals surface area (Å²) in [7, 11) is 0. The van der Waals surface area contributed by atoms with Crippen molar-refractivity contribution in [1.29, 1.82) is 0 Å². The van der Waals surface area contributed by atoms with Crippen LogP contribution in [0.15, 0.2) is 77.6 Å². The number of hydrogen-bond donors (Lipinski definition) is 1. The fraction of sp³-hybridized carbons (Fsp3) is 0.261. The predicted molar refractivity (Wildman–Crippen MR) is 118 cm³/mol. The molecule has 1 saturated heterocycles. The third-order valence-electron chi connectivity index (χ3n) is 5.18. The quantitative estimate of drug-likeness (QED) is 0.708. The first-order chi connectivity index (χ1) is 14.7. The van der Waals surface area contributed by atoms with E-state index < -0.39 is 0 Å². The zero-order valence-electron chi connectivity index (χ0n) is 16.8. The standard InChI is InChI=1S/C23H25N5O2/c29-22-13-12-21(25-28(22)20-10-5-2-6-11-20)26-14-7-15-27(17-16-26)23(30)18-24-19-8-3-1-4-9-19/h1-6,8-13,24H,7,14-18H2. The van der Waals surface area contributed by atoms with Gasteiger partial charge in [-0.1, -0.05) is 36.4 Å². The van der Waals surface area contributed by atoms with Gasteiger partial charge in [0.05, 0.1) is 12.2 Å². The number of amides is 1. The lowest BCUT2D eigenvalue weighted by Crippen LogP contribution is -2.38. The number of carbonyl (C=O) groups excluding carboxylic acids is 1. The van der Waals surface area contributed by atoms with Gasteiger partial charge in [0.1, 0.15) is 5.82 Å². The molecule has 0 saturated carbocycles. The number of rotatable bonds is 5. The van der Waals surface area contributed by atoms with E-state index in [1.54, 1.807) is 12.1 Å². The molecule has 0 radical (unpaired) electrons. The van der Waals surface area contributed by atoms with E-state index in [1.165, 1.54) is 4.68 Å². The number of nitrogens with zero attached hydrogens (tertiary/aromatic N) is 4. The highest BCUT2D eigenvalue weighted by Crippen LogP contribution is 2.14. The molecular formula is C23H25N5O2. The van der Waals surface area contributed by atoms with E-state index in [2.05, 4.69) is 15.3 Å². The third kappa shape index (κ3) is 4.68. The zero-order valence-corrected chi connectivity index (χ0v) is 16.8. The normalized spacial score (nSPS) is 14.3. The number of carbonyl (C=O) groups is 1. The number of benzene rings is 2. The monoisotopic (exact) mass is 403 g/mol. The summed E-state index contributed by atoms with van der Waals surface area (Å²) in [6.07, 6.45) is 0.850. The molecule has 4 rings (SSSR count). The van der Waals surface area contributed by atoms with Crippen LogP contribution in [0.3, 0.4) is 0 Å². The molecule has 1 N–H and O–H groups in total. The highest BCUT2D eigenvalue weighted by Gasteiger charge is 2.20. The molecule has 1 aliphatic heterocycles. The van der Waals surface area contributed by atoms with Crippen LogP contribution in [-0.4, -0.2) is 53.3 Å². The molecule has 1 fully saturated rings. The first kappa shape index (κ1) is 19.7. The molecule has 0 atom stereocenters. The first-order valence-corrected chi connectivity index (χ1v) is 10.2. The predicted octanol–water partition coefficient (Wildman–Crippen LogP) is 2.38. The molecule has 7 heteroatoms. The van der Waals surface area contributed by atoms with Crippen molar-refractivity contribution in [2.24, 2.45) is 0 Å². The SMILES string of the molecule is O=C(CNc1ccccc1)N1CCCN(c2ccc(=O)n(-c3ccccc3)n2)CC1. The average molecular weight is 403 g/mol. The largest absolute Gasteiger partial charge is 0.376 e.